The summed E-state index contributed by atoms with van der Waals surface area (Å²) in [6.07, 6.45) is -3.89. The van der Waals surface area contributed by atoms with Crippen molar-refractivity contribution in [2.75, 3.05) is 0 Å². The molecule has 0 amide bonds. The van der Waals surface area contributed by atoms with E-state index in [-0.39, 0.29) is 22.6 Å². The minimum Gasteiger partial charge on any atom is -0.504 e. The Hall–Kier alpha value is -3.03. The van der Waals surface area contributed by atoms with Crippen LogP contribution in [0.4, 0.5) is 17.6 Å². The van der Waals surface area contributed by atoms with Crippen LogP contribution in [0.2, 0.25) is 0 Å². The number of aromatic hydroxyl groups is 2. The van der Waals surface area contributed by atoms with Gasteiger partial charge in [0.05, 0.1) is 11.1 Å². The third-order valence-electron chi connectivity index (χ3n) is 3.38. The molecule has 124 valence electrons. The van der Waals surface area contributed by atoms with E-state index in [0.29, 0.717) is 12.1 Å². The first kappa shape index (κ1) is 15.9. The summed E-state index contributed by atoms with van der Waals surface area (Å²) in [5.41, 5.74) is -1.63. The molecule has 0 saturated heterocycles. The summed E-state index contributed by atoms with van der Waals surface area (Å²) in [6, 6.07) is 4.51. The lowest BCUT2D eigenvalue weighted by Gasteiger charge is -2.08. The molecular formula is C16H8F4O4. The summed E-state index contributed by atoms with van der Waals surface area (Å²) >= 11 is 0. The van der Waals surface area contributed by atoms with E-state index in [2.05, 4.69) is 0 Å². The Morgan fingerprint density at radius 1 is 1.08 bits per heavy atom. The van der Waals surface area contributed by atoms with E-state index in [4.69, 9.17) is 4.74 Å². The van der Waals surface area contributed by atoms with Gasteiger partial charge in [-0.25, -0.2) is 4.39 Å². The van der Waals surface area contributed by atoms with Crippen LogP contribution in [0, 0.1) is 5.82 Å². The molecule has 24 heavy (non-hydrogen) atoms. The first-order valence-corrected chi connectivity index (χ1v) is 6.54. The number of hydrogen-bond acceptors (Lipinski definition) is 4. The SMILES string of the molecule is O=C1/C(=C\c2ccc(F)c(C(F)(F)F)c2)Oc2c1ccc(O)c2O. The maximum absolute atomic E-state index is 13.3. The largest absolute Gasteiger partial charge is 0.504 e. The molecule has 0 spiro atoms. The van der Waals surface area contributed by atoms with E-state index < -0.39 is 34.8 Å². The second kappa shape index (κ2) is 5.26. The molecule has 2 N–H and O–H groups in total. The molecule has 2 aromatic carbocycles. The molecule has 1 aliphatic heterocycles. The molecule has 0 atom stereocenters. The van der Waals surface area contributed by atoms with Crippen LogP contribution in [0.15, 0.2) is 36.1 Å². The number of allylic oxidation sites excluding steroid dienone is 1. The molecule has 0 bridgehead atoms. The summed E-state index contributed by atoms with van der Waals surface area (Å²) < 4.78 is 56.5. The van der Waals surface area contributed by atoms with Gasteiger partial charge in [-0.15, -0.1) is 0 Å². The highest BCUT2D eigenvalue weighted by Gasteiger charge is 2.35. The van der Waals surface area contributed by atoms with E-state index in [9.17, 15) is 32.6 Å². The van der Waals surface area contributed by atoms with Crippen molar-refractivity contribution in [2.45, 2.75) is 6.18 Å². The van der Waals surface area contributed by atoms with Crippen LogP contribution in [-0.4, -0.2) is 16.0 Å². The predicted octanol–water partition coefficient (Wildman–Crippen LogP) is 3.87. The van der Waals surface area contributed by atoms with E-state index in [0.717, 1.165) is 18.2 Å². The predicted molar refractivity (Wildman–Crippen MR) is 74.1 cm³/mol. The van der Waals surface area contributed by atoms with Gasteiger partial charge in [-0.2, -0.15) is 13.2 Å². The molecule has 0 aliphatic carbocycles. The Bertz CT molecular complexity index is 884. The maximum Gasteiger partial charge on any atom is 0.419 e. The molecule has 0 aromatic heterocycles. The zero-order chi connectivity index (χ0) is 17.6. The molecule has 3 rings (SSSR count). The molecule has 4 nitrogen and oxygen atoms in total. The average molecular weight is 340 g/mol. The van der Waals surface area contributed by atoms with Gasteiger partial charge in [0.25, 0.3) is 0 Å². The Morgan fingerprint density at radius 3 is 2.46 bits per heavy atom. The van der Waals surface area contributed by atoms with Crippen LogP contribution in [0.25, 0.3) is 6.08 Å². The smallest absolute Gasteiger partial charge is 0.419 e. The highest BCUT2D eigenvalue weighted by atomic mass is 19.4. The highest BCUT2D eigenvalue weighted by Crippen LogP contribution is 2.44. The molecule has 0 fully saturated rings. The van der Waals surface area contributed by atoms with Gasteiger partial charge in [0.2, 0.25) is 11.5 Å². The first-order valence-electron chi connectivity index (χ1n) is 6.54. The number of ether oxygens (including phenoxy) is 1. The molecular weight excluding hydrogens is 332 g/mol. The van der Waals surface area contributed by atoms with Gasteiger partial charge in [0, 0.05) is 0 Å². The Labute approximate surface area is 132 Å². The molecule has 2 aromatic rings. The van der Waals surface area contributed by atoms with Gasteiger partial charge in [-0.1, -0.05) is 6.07 Å². The Morgan fingerprint density at radius 2 is 1.79 bits per heavy atom. The summed E-state index contributed by atoms with van der Waals surface area (Å²) in [6.45, 7) is 0. The van der Waals surface area contributed by atoms with Gasteiger partial charge >= 0.3 is 6.18 Å². The lowest BCUT2D eigenvalue weighted by Crippen LogP contribution is -2.08. The van der Waals surface area contributed by atoms with Crippen LogP contribution in [0.1, 0.15) is 21.5 Å². The second-order valence-electron chi connectivity index (χ2n) is 4.99. The van der Waals surface area contributed by atoms with Gasteiger partial charge in [-0.05, 0) is 35.9 Å². The van der Waals surface area contributed by atoms with E-state index in [1.165, 1.54) is 6.07 Å². The van der Waals surface area contributed by atoms with Gasteiger partial charge < -0.3 is 14.9 Å². The molecule has 1 aliphatic rings. The van der Waals surface area contributed by atoms with Crippen molar-refractivity contribution in [2.24, 2.45) is 0 Å². The van der Waals surface area contributed by atoms with Crippen molar-refractivity contribution in [1.82, 2.24) is 0 Å². The molecule has 8 heteroatoms. The third kappa shape index (κ3) is 2.55. The summed E-state index contributed by atoms with van der Waals surface area (Å²) in [5.74, 6) is -3.93. The summed E-state index contributed by atoms with van der Waals surface area (Å²) in [7, 11) is 0. The number of halogens is 4. The molecule has 0 radical (unpaired) electrons. The van der Waals surface area contributed by atoms with Crippen molar-refractivity contribution in [1.29, 1.82) is 0 Å². The summed E-state index contributed by atoms with van der Waals surface area (Å²) in [5, 5.41) is 19.0. The monoisotopic (exact) mass is 340 g/mol. The fraction of sp³-hybridized carbons (Fsp3) is 0.0625. The fourth-order valence-corrected chi connectivity index (χ4v) is 2.23. The minimum atomic E-state index is -4.88. The van der Waals surface area contributed by atoms with Crippen molar-refractivity contribution in [3.8, 4) is 17.2 Å². The van der Waals surface area contributed by atoms with Crippen LogP contribution in [0.3, 0.4) is 0 Å². The number of phenols is 2. The third-order valence-corrected chi connectivity index (χ3v) is 3.38. The molecule has 1 heterocycles. The van der Waals surface area contributed by atoms with E-state index >= 15 is 0 Å². The van der Waals surface area contributed by atoms with Crippen molar-refractivity contribution in [3.63, 3.8) is 0 Å². The minimum absolute atomic E-state index is 0.0466. The fourth-order valence-electron chi connectivity index (χ4n) is 2.23. The number of hydrogen-bond donors (Lipinski definition) is 2. The van der Waals surface area contributed by atoms with Crippen LogP contribution < -0.4 is 4.74 Å². The highest BCUT2D eigenvalue weighted by molar-refractivity contribution is 6.15. The number of alkyl halides is 3. The molecule has 0 unspecified atom stereocenters. The van der Waals surface area contributed by atoms with Crippen molar-refractivity contribution in [3.05, 3.63) is 58.6 Å². The van der Waals surface area contributed by atoms with Gasteiger partial charge in [0.15, 0.2) is 17.3 Å². The number of fused-ring (bicyclic) bond motifs is 1. The first-order chi connectivity index (χ1) is 11.2. The van der Waals surface area contributed by atoms with E-state index in [1.54, 1.807) is 0 Å². The lowest BCUT2D eigenvalue weighted by atomic mass is 10.1. The van der Waals surface area contributed by atoms with Crippen LogP contribution >= 0.6 is 0 Å². The Balaban J connectivity index is 2.03. The normalized spacial score (nSPS) is 15.5. The number of carbonyl (C=O) groups excluding carboxylic acids is 1. The standard InChI is InChI=1S/C16H8F4O4/c17-10-3-1-7(5-9(10)16(18,19)20)6-12-13(22)8-2-4-11(21)14(23)15(8)24-12/h1-6,21,23H/b12-6+. The van der Waals surface area contributed by atoms with E-state index in [1.807, 2.05) is 0 Å². The molecule has 0 saturated carbocycles. The zero-order valence-corrected chi connectivity index (χ0v) is 11.7. The Kier molecular flexibility index (Phi) is 3.47. The second-order valence-corrected chi connectivity index (χ2v) is 4.99. The van der Waals surface area contributed by atoms with Gasteiger partial charge in [-0.3, -0.25) is 4.79 Å². The number of Topliss-reactive ketones (excluding diaryl/α,β-unsaturated/α-hetero) is 1. The average Bonchev–Trinajstić information content (AvgIpc) is 2.81. The number of ketones is 1. The quantitative estimate of drug-likeness (QED) is 0.470. The maximum atomic E-state index is 13.3. The zero-order valence-electron chi connectivity index (χ0n) is 11.7. The number of rotatable bonds is 1. The number of carbonyl (C=O) groups is 1. The number of phenolic OH excluding ortho intramolecular Hbond substituents is 2. The van der Waals surface area contributed by atoms with Gasteiger partial charge in [0.1, 0.15) is 5.82 Å². The van der Waals surface area contributed by atoms with Crippen LogP contribution in [0.5, 0.6) is 17.2 Å². The number of benzene rings is 2. The van der Waals surface area contributed by atoms with Crippen molar-refractivity contribution >= 4 is 11.9 Å². The topological polar surface area (TPSA) is 66.8 Å². The van der Waals surface area contributed by atoms with Crippen LogP contribution in [-0.2, 0) is 6.18 Å². The van der Waals surface area contributed by atoms with Crippen molar-refractivity contribution < 1.29 is 37.3 Å². The lowest BCUT2D eigenvalue weighted by molar-refractivity contribution is -0.140. The summed E-state index contributed by atoms with van der Waals surface area (Å²) in [4.78, 5) is 12.1.